The molecule has 3 rings (SSSR count). The molecular formula is C20H21N5O3S. The average molecular weight is 411 g/mol. The van der Waals surface area contributed by atoms with Crippen molar-refractivity contribution in [1.82, 2.24) is 9.97 Å². The van der Waals surface area contributed by atoms with Gasteiger partial charge in [-0.2, -0.15) is 4.98 Å². The van der Waals surface area contributed by atoms with Gasteiger partial charge in [0.2, 0.25) is 5.95 Å². The minimum atomic E-state index is -2.11. The first-order chi connectivity index (χ1) is 13.9. The first-order valence-corrected chi connectivity index (χ1v) is 9.91. The van der Waals surface area contributed by atoms with E-state index in [0.29, 0.717) is 23.9 Å². The van der Waals surface area contributed by atoms with Crippen LogP contribution in [-0.4, -0.2) is 31.6 Å². The maximum atomic E-state index is 11.2. The van der Waals surface area contributed by atoms with Crippen LogP contribution < -0.4 is 14.9 Å². The number of anilines is 5. The molecule has 0 spiro atoms. The fourth-order valence-corrected chi connectivity index (χ4v) is 3.04. The van der Waals surface area contributed by atoms with Gasteiger partial charge in [-0.15, -0.1) is 0 Å². The zero-order valence-electron chi connectivity index (χ0n) is 16.0. The van der Waals surface area contributed by atoms with Crippen molar-refractivity contribution in [2.24, 2.45) is 0 Å². The van der Waals surface area contributed by atoms with E-state index >= 15 is 0 Å². The molecule has 3 aromatic rings. The first kappa shape index (κ1) is 20.4. The number of hydrogen-bond donors (Lipinski definition) is 3. The fraction of sp³-hybridized carbons (Fsp3) is 0.150. The number of aromatic nitrogens is 2. The molecule has 0 aliphatic rings. The molecule has 1 aromatic heterocycles. The fourth-order valence-electron chi connectivity index (χ4n) is 2.70. The maximum Gasteiger partial charge on any atom is 0.259 e. The summed E-state index contributed by atoms with van der Waals surface area (Å²) >= 11 is -2.11. The van der Waals surface area contributed by atoms with Gasteiger partial charge < -0.3 is 10.2 Å². The second kappa shape index (κ2) is 9.26. The minimum Gasteiger partial charge on any atom is -0.329 e. The highest BCUT2D eigenvalue weighted by Crippen LogP contribution is 2.24. The Morgan fingerprint density at radius 3 is 2.34 bits per heavy atom. The van der Waals surface area contributed by atoms with Gasteiger partial charge in [0.25, 0.3) is 11.3 Å². The second-order valence-corrected chi connectivity index (χ2v) is 7.10. The molecule has 0 aliphatic carbocycles. The standard InChI is InChI=1S/C20H21N5O3S/c1-14(26)13-15-3-9-18(10-4-15)25(2)19-11-12-21-20(23-19)22-16-5-7-17(8-6-16)24-29(27)28/h3-12,24H,13H2,1-2H3,(H,27,28)(H,21,22,23). The molecule has 9 heteroatoms. The lowest BCUT2D eigenvalue weighted by Crippen LogP contribution is -2.12. The number of nitrogens with one attached hydrogen (secondary N) is 2. The Bertz CT molecular complexity index is 1010. The predicted molar refractivity (Wildman–Crippen MR) is 115 cm³/mol. The first-order valence-electron chi connectivity index (χ1n) is 8.80. The Hall–Kier alpha value is -3.30. The van der Waals surface area contributed by atoms with Crippen LogP contribution in [-0.2, 0) is 22.5 Å². The van der Waals surface area contributed by atoms with Gasteiger partial charge in [0.05, 0.1) is 0 Å². The molecule has 0 saturated heterocycles. The number of hydrogen-bond acceptors (Lipinski definition) is 6. The molecule has 0 bridgehead atoms. The maximum absolute atomic E-state index is 11.2. The van der Waals surface area contributed by atoms with Gasteiger partial charge in [0.1, 0.15) is 11.6 Å². The van der Waals surface area contributed by atoms with Gasteiger partial charge in [-0.3, -0.25) is 14.1 Å². The summed E-state index contributed by atoms with van der Waals surface area (Å²) in [5.74, 6) is 1.26. The SMILES string of the molecule is CC(=O)Cc1ccc(N(C)c2ccnc(Nc3ccc(NS(=O)O)cc3)n2)cc1. The van der Waals surface area contributed by atoms with E-state index in [1.54, 1.807) is 43.5 Å². The molecule has 3 N–H and O–H groups in total. The van der Waals surface area contributed by atoms with Gasteiger partial charge in [-0.05, 0) is 55.0 Å². The minimum absolute atomic E-state index is 0.131. The highest BCUT2D eigenvalue weighted by Gasteiger charge is 2.08. The van der Waals surface area contributed by atoms with Crippen LogP contribution in [0.5, 0.6) is 0 Å². The van der Waals surface area contributed by atoms with Crippen LogP contribution >= 0.6 is 0 Å². The number of rotatable bonds is 8. The van der Waals surface area contributed by atoms with Crippen molar-refractivity contribution in [2.75, 3.05) is 22.0 Å². The number of ketones is 1. The molecule has 8 nitrogen and oxygen atoms in total. The molecule has 1 unspecified atom stereocenters. The third-order valence-electron chi connectivity index (χ3n) is 4.11. The largest absolute Gasteiger partial charge is 0.329 e. The van der Waals surface area contributed by atoms with Crippen LogP contribution in [0.15, 0.2) is 60.8 Å². The summed E-state index contributed by atoms with van der Waals surface area (Å²) in [6, 6.07) is 16.4. The van der Waals surface area contributed by atoms with Crippen molar-refractivity contribution in [3.63, 3.8) is 0 Å². The highest BCUT2D eigenvalue weighted by molar-refractivity contribution is 7.80. The molecule has 0 saturated carbocycles. The molecule has 29 heavy (non-hydrogen) atoms. The van der Waals surface area contributed by atoms with Crippen LogP contribution in [0.3, 0.4) is 0 Å². The third-order valence-corrected chi connectivity index (χ3v) is 4.52. The molecule has 0 fully saturated rings. The van der Waals surface area contributed by atoms with Crippen molar-refractivity contribution < 1.29 is 13.6 Å². The predicted octanol–water partition coefficient (Wildman–Crippen LogP) is 3.67. The van der Waals surface area contributed by atoms with E-state index in [4.69, 9.17) is 4.55 Å². The van der Waals surface area contributed by atoms with Gasteiger partial charge in [-0.1, -0.05) is 12.1 Å². The molecule has 1 heterocycles. The lowest BCUT2D eigenvalue weighted by Gasteiger charge is -2.19. The van der Waals surface area contributed by atoms with Gasteiger partial charge in [0, 0.05) is 36.7 Å². The summed E-state index contributed by atoms with van der Waals surface area (Å²) < 4.78 is 22.0. The van der Waals surface area contributed by atoms with E-state index in [1.165, 1.54) is 0 Å². The lowest BCUT2D eigenvalue weighted by atomic mass is 10.1. The number of nitrogens with zero attached hydrogens (tertiary/aromatic N) is 3. The van der Waals surface area contributed by atoms with E-state index in [1.807, 2.05) is 36.2 Å². The Labute approximate surface area is 171 Å². The molecular weight excluding hydrogens is 390 g/mol. The Morgan fingerprint density at radius 1 is 1.07 bits per heavy atom. The van der Waals surface area contributed by atoms with E-state index in [0.717, 1.165) is 16.9 Å². The van der Waals surface area contributed by atoms with E-state index in [-0.39, 0.29) is 5.78 Å². The lowest BCUT2D eigenvalue weighted by molar-refractivity contribution is -0.116. The second-order valence-electron chi connectivity index (χ2n) is 6.40. The summed E-state index contributed by atoms with van der Waals surface area (Å²) in [4.78, 5) is 21.9. The van der Waals surface area contributed by atoms with Crippen molar-refractivity contribution in [3.8, 4) is 0 Å². The van der Waals surface area contributed by atoms with Crippen molar-refractivity contribution in [2.45, 2.75) is 13.3 Å². The quantitative estimate of drug-likeness (QED) is 0.486. The number of carbonyl (C=O) groups is 1. The zero-order chi connectivity index (χ0) is 20.8. The van der Waals surface area contributed by atoms with Crippen molar-refractivity contribution in [1.29, 1.82) is 0 Å². The molecule has 0 aliphatic heterocycles. The van der Waals surface area contributed by atoms with Gasteiger partial charge >= 0.3 is 0 Å². The molecule has 1 atom stereocenters. The van der Waals surface area contributed by atoms with E-state index < -0.39 is 11.3 Å². The number of benzene rings is 2. The van der Waals surface area contributed by atoms with Crippen LogP contribution in [0, 0.1) is 0 Å². The Morgan fingerprint density at radius 2 is 1.72 bits per heavy atom. The molecule has 0 amide bonds. The Balaban J connectivity index is 1.71. The smallest absolute Gasteiger partial charge is 0.259 e. The van der Waals surface area contributed by atoms with E-state index in [2.05, 4.69) is 20.0 Å². The zero-order valence-corrected chi connectivity index (χ0v) is 16.8. The normalized spacial score (nSPS) is 11.6. The van der Waals surface area contributed by atoms with Gasteiger partial charge in [0.15, 0.2) is 0 Å². The third kappa shape index (κ3) is 5.84. The topological polar surface area (TPSA) is 107 Å². The van der Waals surface area contributed by atoms with Crippen molar-refractivity contribution >= 4 is 45.9 Å². The summed E-state index contributed by atoms with van der Waals surface area (Å²) in [5, 5.41) is 3.11. The van der Waals surface area contributed by atoms with Crippen molar-refractivity contribution in [3.05, 3.63) is 66.4 Å². The summed E-state index contributed by atoms with van der Waals surface area (Å²) in [7, 11) is 1.90. The number of Topliss-reactive ketones (excluding diaryl/α,β-unsaturated/α-hetero) is 1. The van der Waals surface area contributed by atoms with E-state index in [9.17, 15) is 9.00 Å². The Kier molecular flexibility index (Phi) is 6.53. The van der Waals surface area contributed by atoms with Crippen LogP contribution in [0.1, 0.15) is 12.5 Å². The van der Waals surface area contributed by atoms with Crippen LogP contribution in [0.25, 0.3) is 0 Å². The van der Waals surface area contributed by atoms with Crippen LogP contribution in [0.2, 0.25) is 0 Å². The average Bonchev–Trinajstić information content (AvgIpc) is 2.69. The van der Waals surface area contributed by atoms with Crippen LogP contribution in [0.4, 0.5) is 28.8 Å². The summed E-state index contributed by atoms with van der Waals surface area (Å²) in [5.41, 5.74) is 3.18. The number of carbonyl (C=O) groups excluding carboxylic acids is 1. The molecule has 2 aromatic carbocycles. The summed E-state index contributed by atoms with van der Waals surface area (Å²) in [6.45, 7) is 1.58. The molecule has 150 valence electrons. The van der Waals surface area contributed by atoms with Gasteiger partial charge in [-0.25, -0.2) is 9.19 Å². The monoisotopic (exact) mass is 411 g/mol. The summed E-state index contributed by atoms with van der Waals surface area (Å²) in [6.07, 6.45) is 2.09. The molecule has 0 radical (unpaired) electrons. The highest BCUT2D eigenvalue weighted by atomic mass is 32.2.